The van der Waals surface area contributed by atoms with Gasteiger partial charge in [0, 0.05) is 24.2 Å². The summed E-state index contributed by atoms with van der Waals surface area (Å²) in [6.07, 6.45) is 1.78. The highest BCUT2D eigenvalue weighted by atomic mass is 32.2. The van der Waals surface area contributed by atoms with Crippen molar-refractivity contribution in [2.75, 3.05) is 18.8 Å². The molecule has 0 unspecified atom stereocenters. The number of thioether (sulfide) groups is 1. The average Bonchev–Trinajstić information content (AvgIpc) is 3.45. The smallest absolute Gasteiger partial charge is 0.243 e. The van der Waals surface area contributed by atoms with Gasteiger partial charge in [-0.3, -0.25) is 9.89 Å². The molecule has 29 heavy (non-hydrogen) atoms. The van der Waals surface area contributed by atoms with E-state index in [1.807, 2.05) is 30.3 Å². The molecule has 4 rings (SSSR count). The first kappa shape index (κ1) is 19.8. The van der Waals surface area contributed by atoms with Crippen LogP contribution in [0, 0.1) is 0 Å². The Kier molecular flexibility index (Phi) is 5.79. The first-order valence-electron chi connectivity index (χ1n) is 9.28. The summed E-state index contributed by atoms with van der Waals surface area (Å²) in [7, 11) is -3.47. The van der Waals surface area contributed by atoms with Crippen LogP contribution in [0.1, 0.15) is 23.2 Å². The minimum Gasteiger partial charge on any atom is -0.293 e. The van der Waals surface area contributed by atoms with Crippen LogP contribution in [0.4, 0.5) is 0 Å². The molecule has 1 fully saturated rings. The molecule has 0 spiro atoms. The monoisotopic (exact) mass is 428 g/mol. The number of nitrogens with zero attached hydrogens (tertiary/aromatic N) is 3. The maximum absolute atomic E-state index is 12.6. The Bertz CT molecular complexity index is 1090. The van der Waals surface area contributed by atoms with E-state index >= 15 is 0 Å². The van der Waals surface area contributed by atoms with Crippen LogP contribution in [0.2, 0.25) is 0 Å². The summed E-state index contributed by atoms with van der Waals surface area (Å²) in [6.45, 7) is 1.11. The molecule has 7 nitrogen and oxygen atoms in total. The number of hydrogen-bond donors (Lipinski definition) is 1. The number of benzene rings is 2. The summed E-state index contributed by atoms with van der Waals surface area (Å²) in [4.78, 5) is 17.1. The molecule has 0 aliphatic carbocycles. The van der Waals surface area contributed by atoms with Gasteiger partial charge in [0.05, 0.1) is 10.6 Å². The fourth-order valence-electron chi connectivity index (χ4n) is 3.14. The summed E-state index contributed by atoms with van der Waals surface area (Å²) in [5.41, 5.74) is 1.39. The normalized spacial score (nSPS) is 14.9. The van der Waals surface area contributed by atoms with Gasteiger partial charge < -0.3 is 0 Å². The Morgan fingerprint density at radius 3 is 2.41 bits per heavy atom. The van der Waals surface area contributed by atoms with Crippen molar-refractivity contribution in [1.29, 1.82) is 0 Å². The van der Waals surface area contributed by atoms with Gasteiger partial charge in [0.15, 0.2) is 11.6 Å². The Morgan fingerprint density at radius 2 is 1.72 bits per heavy atom. The molecular weight excluding hydrogens is 408 g/mol. The van der Waals surface area contributed by atoms with Crippen molar-refractivity contribution in [2.24, 2.45) is 0 Å². The lowest BCUT2D eigenvalue weighted by atomic mass is 10.1. The molecular formula is C20H20N4O3S2. The molecule has 0 saturated carbocycles. The molecule has 9 heteroatoms. The van der Waals surface area contributed by atoms with Crippen molar-refractivity contribution < 1.29 is 13.2 Å². The Hall–Kier alpha value is -2.49. The van der Waals surface area contributed by atoms with Crippen LogP contribution in [-0.4, -0.2) is 52.5 Å². The zero-order valence-corrected chi connectivity index (χ0v) is 17.2. The van der Waals surface area contributed by atoms with E-state index in [1.54, 1.807) is 12.1 Å². The lowest BCUT2D eigenvalue weighted by Crippen LogP contribution is -2.27. The number of H-pyrrole nitrogens is 1. The largest absolute Gasteiger partial charge is 0.293 e. The molecule has 1 N–H and O–H groups in total. The van der Waals surface area contributed by atoms with E-state index in [0.29, 0.717) is 29.6 Å². The Labute approximate surface area is 173 Å². The van der Waals surface area contributed by atoms with Crippen LogP contribution in [0.15, 0.2) is 64.6 Å². The molecule has 1 aromatic heterocycles. The lowest BCUT2D eigenvalue weighted by molar-refractivity contribution is 0.102. The molecule has 0 bridgehead atoms. The highest BCUT2D eigenvalue weighted by Crippen LogP contribution is 2.23. The van der Waals surface area contributed by atoms with E-state index in [0.717, 1.165) is 18.4 Å². The van der Waals surface area contributed by atoms with E-state index in [2.05, 4.69) is 15.2 Å². The number of rotatable bonds is 7. The number of carbonyl (C=O) groups is 1. The summed E-state index contributed by atoms with van der Waals surface area (Å²) in [5, 5.41) is 7.50. The van der Waals surface area contributed by atoms with Crippen LogP contribution in [0.25, 0.3) is 11.4 Å². The van der Waals surface area contributed by atoms with Gasteiger partial charge >= 0.3 is 0 Å². The molecule has 0 radical (unpaired) electrons. The van der Waals surface area contributed by atoms with Gasteiger partial charge in [-0.1, -0.05) is 54.2 Å². The van der Waals surface area contributed by atoms with E-state index in [1.165, 1.54) is 28.2 Å². The van der Waals surface area contributed by atoms with Gasteiger partial charge in [-0.2, -0.15) is 4.31 Å². The van der Waals surface area contributed by atoms with Crippen LogP contribution in [0.3, 0.4) is 0 Å². The summed E-state index contributed by atoms with van der Waals surface area (Å²) in [6, 6.07) is 15.8. The molecule has 2 heterocycles. The second-order valence-corrected chi connectivity index (χ2v) is 9.56. The first-order chi connectivity index (χ1) is 14.0. The maximum atomic E-state index is 12.6. The number of aromatic amines is 1. The van der Waals surface area contributed by atoms with E-state index in [4.69, 9.17) is 0 Å². The van der Waals surface area contributed by atoms with Gasteiger partial charge in [0.2, 0.25) is 15.2 Å². The van der Waals surface area contributed by atoms with Gasteiger partial charge in [0.1, 0.15) is 0 Å². The van der Waals surface area contributed by atoms with E-state index < -0.39 is 10.0 Å². The third kappa shape index (κ3) is 4.42. The predicted molar refractivity (Wildman–Crippen MR) is 111 cm³/mol. The third-order valence-electron chi connectivity index (χ3n) is 4.72. The molecule has 0 atom stereocenters. The molecule has 1 aliphatic rings. The van der Waals surface area contributed by atoms with E-state index in [-0.39, 0.29) is 16.4 Å². The maximum Gasteiger partial charge on any atom is 0.243 e. The molecule has 0 amide bonds. The van der Waals surface area contributed by atoms with Gasteiger partial charge in [-0.25, -0.2) is 13.4 Å². The van der Waals surface area contributed by atoms with Crippen molar-refractivity contribution in [2.45, 2.75) is 22.9 Å². The number of aromatic nitrogens is 3. The number of carbonyl (C=O) groups excluding carboxylic acids is 1. The second kappa shape index (κ2) is 8.48. The van der Waals surface area contributed by atoms with Crippen molar-refractivity contribution in [3.05, 3.63) is 60.2 Å². The Morgan fingerprint density at radius 1 is 1.03 bits per heavy atom. The SMILES string of the molecule is O=C(CSc1n[nH]c(-c2ccccc2)n1)c1ccc(S(=O)(=O)N2CCCC2)cc1. The quantitative estimate of drug-likeness (QED) is 0.458. The number of Topliss-reactive ketones (excluding diaryl/α,β-unsaturated/α-hetero) is 1. The fourth-order valence-corrected chi connectivity index (χ4v) is 5.35. The zero-order valence-electron chi connectivity index (χ0n) is 15.6. The van der Waals surface area contributed by atoms with Crippen molar-refractivity contribution in [1.82, 2.24) is 19.5 Å². The zero-order chi connectivity index (χ0) is 20.3. The summed E-state index contributed by atoms with van der Waals surface area (Å²) in [5.74, 6) is 0.716. The van der Waals surface area contributed by atoms with Gasteiger partial charge in [-0.05, 0) is 25.0 Å². The first-order valence-corrected chi connectivity index (χ1v) is 11.7. The number of nitrogens with one attached hydrogen (secondary N) is 1. The number of ketones is 1. The molecule has 3 aromatic rings. The molecule has 150 valence electrons. The number of sulfonamides is 1. The van der Waals surface area contributed by atoms with Crippen LogP contribution < -0.4 is 0 Å². The van der Waals surface area contributed by atoms with Gasteiger partial charge in [-0.15, -0.1) is 5.10 Å². The Balaban J connectivity index is 1.38. The topological polar surface area (TPSA) is 96.0 Å². The number of hydrogen-bond acceptors (Lipinski definition) is 6. The molecule has 1 saturated heterocycles. The lowest BCUT2D eigenvalue weighted by Gasteiger charge is -2.15. The van der Waals surface area contributed by atoms with Crippen LogP contribution >= 0.6 is 11.8 Å². The highest BCUT2D eigenvalue weighted by molar-refractivity contribution is 7.99. The summed E-state index contributed by atoms with van der Waals surface area (Å²) < 4.78 is 26.6. The highest BCUT2D eigenvalue weighted by Gasteiger charge is 2.27. The van der Waals surface area contributed by atoms with E-state index in [9.17, 15) is 13.2 Å². The van der Waals surface area contributed by atoms with Gasteiger partial charge in [0.25, 0.3) is 0 Å². The minimum absolute atomic E-state index is 0.105. The average molecular weight is 429 g/mol. The van der Waals surface area contributed by atoms with Crippen molar-refractivity contribution in [3.63, 3.8) is 0 Å². The van der Waals surface area contributed by atoms with Crippen LogP contribution in [-0.2, 0) is 10.0 Å². The molecule has 2 aromatic carbocycles. The summed E-state index contributed by atoms with van der Waals surface area (Å²) >= 11 is 1.24. The second-order valence-electron chi connectivity index (χ2n) is 6.68. The fraction of sp³-hybridized carbons (Fsp3) is 0.250. The van der Waals surface area contributed by atoms with Crippen molar-refractivity contribution in [3.8, 4) is 11.4 Å². The molecule has 1 aliphatic heterocycles. The minimum atomic E-state index is -3.47. The van der Waals surface area contributed by atoms with Crippen molar-refractivity contribution >= 4 is 27.6 Å². The van der Waals surface area contributed by atoms with Crippen LogP contribution in [0.5, 0.6) is 0 Å². The standard InChI is InChI=1S/C20H20N4O3S2/c25-18(14-28-20-21-19(22-23-20)16-6-2-1-3-7-16)15-8-10-17(11-9-15)29(26,27)24-12-4-5-13-24/h1-3,6-11H,4-5,12-14H2,(H,21,22,23). The predicted octanol–water partition coefficient (Wildman–Crippen LogP) is 3.23. The third-order valence-corrected chi connectivity index (χ3v) is 7.48.